The minimum atomic E-state index is -1.70. The molecule has 5 heteroatoms. The molecule has 0 radical (unpaired) electrons. The van der Waals surface area contributed by atoms with Crippen LogP contribution in [0.15, 0.2) is 11.6 Å². The SMILES string of the molecule is O=S(O)C1CNC=CS1. The lowest BCUT2D eigenvalue weighted by Gasteiger charge is -2.13. The largest absolute Gasteiger partial charge is 0.388 e. The standard InChI is InChI=1S/C4H7NO2S2/c6-9(7)4-3-5-1-2-8-4/h1-2,4-5H,3H2,(H,6,7). The minimum Gasteiger partial charge on any atom is -0.388 e. The summed E-state index contributed by atoms with van der Waals surface area (Å²) in [4.78, 5) is 0. The maximum Gasteiger partial charge on any atom is 0.168 e. The van der Waals surface area contributed by atoms with Crippen molar-refractivity contribution in [2.45, 2.75) is 4.58 Å². The monoisotopic (exact) mass is 165 g/mol. The third kappa shape index (κ3) is 2.00. The summed E-state index contributed by atoms with van der Waals surface area (Å²) in [6.07, 6.45) is 1.77. The van der Waals surface area contributed by atoms with Gasteiger partial charge in [-0.05, 0) is 5.41 Å². The average molecular weight is 165 g/mol. The predicted octanol–water partition coefficient (Wildman–Crippen LogP) is 0.342. The van der Waals surface area contributed by atoms with Gasteiger partial charge in [0.2, 0.25) is 0 Å². The van der Waals surface area contributed by atoms with Crippen molar-refractivity contribution >= 4 is 22.8 Å². The average Bonchev–Trinajstić information content (AvgIpc) is 1.90. The van der Waals surface area contributed by atoms with Crippen LogP contribution in [-0.2, 0) is 11.1 Å². The van der Waals surface area contributed by atoms with Crippen molar-refractivity contribution in [2.75, 3.05) is 6.54 Å². The van der Waals surface area contributed by atoms with Gasteiger partial charge < -0.3 is 9.87 Å². The summed E-state index contributed by atoms with van der Waals surface area (Å²) >= 11 is -0.325. The van der Waals surface area contributed by atoms with Gasteiger partial charge in [0.25, 0.3) is 0 Å². The molecule has 1 rings (SSSR count). The molecule has 0 saturated heterocycles. The van der Waals surface area contributed by atoms with Crippen LogP contribution >= 0.6 is 11.8 Å². The van der Waals surface area contributed by atoms with E-state index in [1.165, 1.54) is 11.8 Å². The Balaban J connectivity index is 2.44. The van der Waals surface area contributed by atoms with Gasteiger partial charge in [-0.25, -0.2) is 4.21 Å². The first-order valence-corrected chi connectivity index (χ1v) is 4.55. The second-order valence-corrected chi connectivity index (χ2v) is 4.09. The van der Waals surface area contributed by atoms with Crippen LogP contribution in [0.4, 0.5) is 0 Å². The third-order valence-electron chi connectivity index (χ3n) is 0.926. The molecule has 0 saturated carbocycles. The molecule has 0 spiro atoms. The van der Waals surface area contributed by atoms with Gasteiger partial charge in [-0.2, -0.15) is 0 Å². The molecule has 0 aromatic rings. The van der Waals surface area contributed by atoms with Crippen molar-refractivity contribution in [1.82, 2.24) is 5.32 Å². The maximum absolute atomic E-state index is 10.4. The Hall–Kier alpha value is -0.000000000000000111. The third-order valence-corrected chi connectivity index (χ3v) is 3.13. The highest BCUT2D eigenvalue weighted by Crippen LogP contribution is 2.16. The van der Waals surface area contributed by atoms with Gasteiger partial charge in [0.1, 0.15) is 4.58 Å². The van der Waals surface area contributed by atoms with E-state index in [1.807, 2.05) is 0 Å². The van der Waals surface area contributed by atoms with Gasteiger partial charge in [-0.1, -0.05) is 0 Å². The van der Waals surface area contributed by atoms with Crippen molar-refractivity contribution in [2.24, 2.45) is 0 Å². The second-order valence-electron chi connectivity index (χ2n) is 1.55. The van der Waals surface area contributed by atoms with Crippen LogP contribution in [0.3, 0.4) is 0 Å². The summed E-state index contributed by atoms with van der Waals surface area (Å²) in [5, 5.41) is 4.64. The number of hydrogen-bond acceptors (Lipinski definition) is 3. The van der Waals surface area contributed by atoms with E-state index in [0.717, 1.165) is 0 Å². The zero-order valence-electron chi connectivity index (χ0n) is 4.61. The van der Waals surface area contributed by atoms with E-state index >= 15 is 0 Å². The van der Waals surface area contributed by atoms with E-state index < -0.39 is 11.1 Å². The first-order chi connectivity index (χ1) is 4.30. The Morgan fingerprint density at radius 3 is 3.00 bits per heavy atom. The summed E-state index contributed by atoms with van der Waals surface area (Å²) in [5.74, 6) is 0. The highest BCUT2D eigenvalue weighted by molar-refractivity contribution is 8.11. The van der Waals surface area contributed by atoms with Crippen molar-refractivity contribution in [3.63, 3.8) is 0 Å². The van der Waals surface area contributed by atoms with Crippen LogP contribution in [0.25, 0.3) is 0 Å². The lowest BCUT2D eigenvalue weighted by atomic mass is 10.7. The van der Waals surface area contributed by atoms with Gasteiger partial charge in [0, 0.05) is 12.7 Å². The molecule has 0 amide bonds. The molecule has 0 fully saturated rings. The normalized spacial score (nSPS) is 29.2. The van der Waals surface area contributed by atoms with Crippen LogP contribution < -0.4 is 5.32 Å². The van der Waals surface area contributed by atoms with Crippen molar-refractivity contribution < 1.29 is 8.76 Å². The summed E-state index contributed by atoms with van der Waals surface area (Å²) in [5.41, 5.74) is 0. The van der Waals surface area contributed by atoms with Crippen molar-refractivity contribution in [3.8, 4) is 0 Å². The molecule has 1 aliphatic rings. The smallest absolute Gasteiger partial charge is 0.168 e. The molecule has 0 aliphatic carbocycles. The Labute approximate surface area is 60.2 Å². The van der Waals surface area contributed by atoms with Crippen LogP contribution in [0.5, 0.6) is 0 Å². The van der Waals surface area contributed by atoms with Crippen molar-refractivity contribution in [3.05, 3.63) is 11.6 Å². The van der Waals surface area contributed by atoms with Crippen molar-refractivity contribution in [1.29, 1.82) is 0 Å². The summed E-state index contributed by atoms with van der Waals surface area (Å²) in [6, 6.07) is 0. The van der Waals surface area contributed by atoms with E-state index in [2.05, 4.69) is 5.32 Å². The quantitative estimate of drug-likeness (QED) is 0.550. The Morgan fingerprint density at radius 1 is 1.89 bits per heavy atom. The molecule has 0 aromatic heterocycles. The molecule has 2 atom stereocenters. The van der Waals surface area contributed by atoms with Gasteiger partial charge in [0.05, 0.1) is 0 Å². The molecule has 52 valence electrons. The van der Waals surface area contributed by atoms with Crippen LogP contribution in [0, 0.1) is 0 Å². The highest BCUT2D eigenvalue weighted by atomic mass is 32.2. The predicted molar refractivity (Wildman–Crippen MR) is 39.3 cm³/mol. The van der Waals surface area contributed by atoms with Crippen LogP contribution in [0.2, 0.25) is 0 Å². The number of thioether (sulfide) groups is 1. The summed E-state index contributed by atoms with van der Waals surface area (Å²) < 4.78 is 18.7. The molecule has 0 bridgehead atoms. The van der Waals surface area contributed by atoms with E-state index in [4.69, 9.17) is 4.55 Å². The van der Waals surface area contributed by atoms with E-state index in [-0.39, 0.29) is 4.58 Å². The van der Waals surface area contributed by atoms with Crippen LogP contribution in [-0.4, -0.2) is 19.9 Å². The molecule has 0 aromatic carbocycles. The van der Waals surface area contributed by atoms with E-state index in [1.54, 1.807) is 11.6 Å². The Bertz CT molecular complexity index is 148. The zero-order chi connectivity index (χ0) is 6.69. The van der Waals surface area contributed by atoms with E-state index in [0.29, 0.717) is 6.54 Å². The van der Waals surface area contributed by atoms with E-state index in [9.17, 15) is 4.21 Å². The maximum atomic E-state index is 10.4. The molecule has 2 unspecified atom stereocenters. The molecule has 1 aliphatic heterocycles. The fourth-order valence-corrected chi connectivity index (χ4v) is 1.86. The number of rotatable bonds is 1. The Kier molecular flexibility index (Phi) is 2.56. The number of nitrogens with one attached hydrogen (secondary N) is 1. The molecular formula is C4H7NO2S2. The second kappa shape index (κ2) is 3.24. The molecule has 1 heterocycles. The molecule has 9 heavy (non-hydrogen) atoms. The number of hydrogen-bond donors (Lipinski definition) is 2. The minimum absolute atomic E-state index is 0.199. The summed E-state index contributed by atoms with van der Waals surface area (Å²) in [7, 11) is 0. The lowest BCUT2D eigenvalue weighted by Crippen LogP contribution is -2.26. The first-order valence-electron chi connectivity index (χ1n) is 2.44. The van der Waals surface area contributed by atoms with Gasteiger partial charge in [-0.3, -0.25) is 0 Å². The van der Waals surface area contributed by atoms with Gasteiger partial charge >= 0.3 is 0 Å². The summed E-state index contributed by atoms with van der Waals surface area (Å²) in [6.45, 7) is 0.574. The molecule has 3 nitrogen and oxygen atoms in total. The fourth-order valence-electron chi connectivity index (χ4n) is 0.506. The van der Waals surface area contributed by atoms with Crippen LogP contribution in [0.1, 0.15) is 0 Å². The molecule has 2 N–H and O–H groups in total. The topological polar surface area (TPSA) is 49.3 Å². The Morgan fingerprint density at radius 2 is 2.67 bits per heavy atom. The first kappa shape index (κ1) is 7.11. The highest BCUT2D eigenvalue weighted by Gasteiger charge is 2.14. The van der Waals surface area contributed by atoms with Gasteiger partial charge in [-0.15, -0.1) is 11.8 Å². The fraction of sp³-hybridized carbons (Fsp3) is 0.500. The zero-order valence-corrected chi connectivity index (χ0v) is 6.24. The molecular weight excluding hydrogens is 158 g/mol. The lowest BCUT2D eigenvalue weighted by molar-refractivity contribution is 0.559. The van der Waals surface area contributed by atoms with Gasteiger partial charge in [0.15, 0.2) is 11.1 Å².